The molecule has 1 aliphatic rings. The van der Waals surface area contributed by atoms with E-state index in [-0.39, 0.29) is 16.9 Å². The Labute approximate surface area is 125 Å². The molecule has 1 rings (SSSR count). The quantitative estimate of drug-likeness (QED) is 0.684. The Morgan fingerprint density at radius 3 is 2.00 bits per heavy atom. The number of hydroxylamine groups is 2. The maximum Gasteiger partial charge on any atom is 0.0685 e. The summed E-state index contributed by atoms with van der Waals surface area (Å²) in [6.07, 6.45) is 7.47. The lowest BCUT2D eigenvalue weighted by Gasteiger charge is -2.50. The van der Waals surface area contributed by atoms with Crippen LogP contribution in [0.2, 0.25) is 0 Å². The monoisotopic (exact) mass is 285 g/mol. The first kappa shape index (κ1) is 17.9. The lowest BCUT2D eigenvalue weighted by molar-refractivity contribution is -0.243. The normalized spacial score (nSPS) is 23.1. The van der Waals surface area contributed by atoms with Gasteiger partial charge in [0, 0.05) is 23.9 Å². The molecule has 0 saturated carbocycles. The third kappa shape index (κ3) is 5.34. The Kier molecular flexibility index (Phi) is 6.96. The van der Waals surface area contributed by atoms with Crippen LogP contribution in [0.5, 0.6) is 0 Å². The van der Waals surface area contributed by atoms with Crippen LogP contribution in [0.3, 0.4) is 0 Å². The predicted octanol–water partition coefficient (Wildman–Crippen LogP) is 4.01. The van der Waals surface area contributed by atoms with E-state index in [0.29, 0.717) is 0 Å². The van der Waals surface area contributed by atoms with Crippen molar-refractivity contribution in [2.45, 2.75) is 79.2 Å². The second-order valence-corrected chi connectivity index (χ2v) is 7.78. The van der Waals surface area contributed by atoms with Gasteiger partial charge in [-0.15, -0.1) is 0 Å². The number of unbranched alkanes of at least 4 members (excludes halogenated alkanes) is 5. The van der Waals surface area contributed by atoms with Gasteiger partial charge < -0.3 is 5.11 Å². The highest BCUT2D eigenvalue weighted by Gasteiger charge is 2.46. The molecule has 0 atom stereocenters. The molecular weight excluding hydrogens is 250 g/mol. The predicted molar refractivity (Wildman–Crippen MR) is 84.5 cm³/mol. The second kappa shape index (κ2) is 7.77. The minimum absolute atomic E-state index is 0.108. The average molecular weight is 285 g/mol. The van der Waals surface area contributed by atoms with Crippen LogP contribution in [-0.2, 0) is 4.84 Å². The molecule has 120 valence electrons. The van der Waals surface area contributed by atoms with Crippen molar-refractivity contribution in [3.8, 4) is 0 Å². The highest BCUT2D eigenvalue weighted by molar-refractivity contribution is 4.95. The number of aliphatic hydroxyl groups excluding tert-OH is 1. The summed E-state index contributed by atoms with van der Waals surface area (Å²) < 4.78 is 0. The van der Waals surface area contributed by atoms with Crippen molar-refractivity contribution < 1.29 is 9.94 Å². The highest BCUT2D eigenvalue weighted by atomic mass is 16.7. The van der Waals surface area contributed by atoms with Crippen LogP contribution in [0, 0.1) is 10.8 Å². The second-order valence-electron chi connectivity index (χ2n) is 7.78. The molecule has 1 heterocycles. The van der Waals surface area contributed by atoms with Gasteiger partial charge in [0.1, 0.15) is 0 Å². The first-order valence-electron chi connectivity index (χ1n) is 8.35. The van der Waals surface area contributed by atoms with Crippen molar-refractivity contribution in [1.29, 1.82) is 0 Å². The topological polar surface area (TPSA) is 32.7 Å². The maximum absolute atomic E-state index is 10.4. The Hall–Kier alpha value is -0.120. The fourth-order valence-corrected chi connectivity index (χ4v) is 3.36. The molecule has 0 aliphatic carbocycles. The highest BCUT2D eigenvalue weighted by Crippen LogP contribution is 2.40. The van der Waals surface area contributed by atoms with E-state index in [1.807, 2.05) is 0 Å². The smallest absolute Gasteiger partial charge is 0.0685 e. The lowest BCUT2D eigenvalue weighted by atomic mass is 9.69. The van der Waals surface area contributed by atoms with Gasteiger partial charge >= 0.3 is 0 Å². The van der Waals surface area contributed by atoms with Crippen molar-refractivity contribution in [3.63, 3.8) is 0 Å². The standard InChI is InChI=1S/C17H35NO2/c1-6-7-8-9-10-11-12-20-18-13-16(2,3)15(19)17(4,5)14-18/h15,19H,6-14H2,1-5H3. The van der Waals surface area contributed by atoms with Crippen LogP contribution in [-0.4, -0.2) is 36.0 Å². The lowest BCUT2D eigenvalue weighted by Crippen LogP contribution is -2.58. The summed E-state index contributed by atoms with van der Waals surface area (Å²) in [7, 11) is 0. The van der Waals surface area contributed by atoms with Crippen LogP contribution in [0.15, 0.2) is 0 Å². The van der Waals surface area contributed by atoms with Gasteiger partial charge in [0.15, 0.2) is 0 Å². The van der Waals surface area contributed by atoms with Gasteiger partial charge in [0.05, 0.1) is 12.7 Å². The molecule has 1 aliphatic heterocycles. The number of hydrogen-bond donors (Lipinski definition) is 1. The van der Waals surface area contributed by atoms with Gasteiger partial charge in [0.25, 0.3) is 0 Å². The SMILES string of the molecule is CCCCCCCCON1CC(C)(C)C(O)C(C)(C)C1. The van der Waals surface area contributed by atoms with Gasteiger partial charge in [-0.1, -0.05) is 66.7 Å². The minimum atomic E-state index is -0.274. The van der Waals surface area contributed by atoms with Crippen LogP contribution < -0.4 is 0 Å². The largest absolute Gasteiger partial charge is 0.392 e. The van der Waals surface area contributed by atoms with Crippen molar-refractivity contribution in [2.75, 3.05) is 19.7 Å². The minimum Gasteiger partial charge on any atom is -0.392 e. The van der Waals surface area contributed by atoms with E-state index in [4.69, 9.17) is 4.84 Å². The molecule has 0 aromatic carbocycles. The van der Waals surface area contributed by atoms with Crippen LogP contribution in [0.1, 0.15) is 73.1 Å². The van der Waals surface area contributed by atoms with Gasteiger partial charge in [-0.3, -0.25) is 4.84 Å². The van der Waals surface area contributed by atoms with E-state index >= 15 is 0 Å². The zero-order valence-corrected chi connectivity index (χ0v) is 14.2. The summed E-state index contributed by atoms with van der Waals surface area (Å²) in [4.78, 5) is 5.93. The molecule has 3 heteroatoms. The van der Waals surface area contributed by atoms with Gasteiger partial charge in [-0.2, -0.15) is 5.06 Å². The molecular formula is C17H35NO2. The van der Waals surface area contributed by atoms with Crippen LogP contribution in [0.4, 0.5) is 0 Å². The number of hydrogen-bond acceptors (Lipinski definition) is 3. The first-order valence-corrected chi connectivity index (χ1v) is 8.35. The summed E-state index contributed by atoms with van der Waals surface area (Å²) in [5.74, 6) is 0. The van der Waals surface area contributed by atoms with E-state index in [0.717, 1.165) is 26.1 Å². The van der Waals surface area contributed by atoms with E-state index in [1.54, 1.807) is 0 Å². The molecule has 0 bridgehead atoms. The summed E-state index contributed by atoms with van der Waals surface area (Å²) >= 11 is 0. The maximum atomic E-state index is 10.4. The number of piperidine rings is 1. The molecule has 1 saturated heterocycles. The Morgan fingerprint density at radius 1 is 0.950 bits per heavy atom. The Balaban J connectivity index is 2.24. The number of aliphatic hydroxyl groups is 1. The molecule has 1 N–H and O–H groups in total. The molecule has 20 heavy (non-hydrogen) atoms. The molecule has 0 aromatic heterocycles. The molecule has 0 amide bonds. The van der Waals surface area contributed by atoms with Gasteiger partial charge in [0.2, 0.25) is 0 Å². The molecule has 0 unspecified atom stereocenters. The van der Waals surface area contributed by atoms with E-state index in [9.17, 15) is 5.11 Å². The van der Waals surface area contributed by atoms with E-state index in [2.05, 4.69) is 39.7 Å². The molecule has 0 aromatic rings. The van der Waals surface area contributed by atoms with Crippen molar-refractivity contribution >= 4 is 0 Å². The zero-order chi connectivity index (χ0) is 15.2. The number of nitrogens with zero attached hydrogens (tertiary/aromatic N) is 1. The molecule has 3 nitrogen and oxygen atoms in total. The summed E-state index contributed by atoms with van der Waals surface area (Å²) in [6.45, 7) is 13.2. The zero-order valence-electron chi connectivity index (χ0n) is 14.2. The Bertz CT molecular complexity index is 258. The number of rotatable bonds is 8. The fourth-order valence-electron chi connectivity index (χ4n) is 3.36. The van der Waals surface area contributed by atoms with Crippen LogP contribution >= 0.6 is 0 Å². The third-order valence-corrected chi connectivity index (χ3v) is 4.42. The first-order chi connectivity index (χ1) is 9.29. The average Bonchev–Trinajstić information content (AvgIpc) is 2.34. The van der Waals surface area contributed by atoms with Gasteiger partial charge in [-0.05, 0) is 6.42 Å². The summed E-state index contributed by atoms with van der Waals surface area (Å²) in [5, 5.41) is 12.5. The van der Waals surface area contributed by atoms with Crippen molar-refractivity contribution in [3.05, 3.63) is 0 Å². The fraction of sp³-hybridized carbons (Fsp3) is 1.00. The van der Waals surface area contributed by atoms with Crippen molar-refractivity contribution in [1.82, 2.24) is 5.06 Å². The van der Waals surface area contributed by atoms with Crippen LogP contribution in [0.25, 0.3) is 0 Å². The third-order valence-electron chi connectivity index (χ3n) is 4.42. The van der Waals surface area contributed by atoms with E-state index in [1.165, 1.54) is 32.1 Å². The molecule has 0 spiro atoms. The van der Waals surface area contributed by atoms with Crippen molar-refractivity contribution in [2.24, 2.45) is 10.8 Å². The molecule has 0 radical (unpaired) electrons. The van der Waals surface area contributed by atoms with Gasteiger partial charge in [-0.25, -0.2) is 0 Å². The Morgan fingerprint density at radius 2 is 1.45 bits per heavy atom. The molecule has 1 fully saturated rings. The summed E-state index contributed by atoms with van der Waals surface area (Å²) in [5.41, 5.74) is -0.217. The summed E-state index contributed by atoms with van der Waals surface area (Å²) in [6, 6.07) is 0. The van der Waals surface area contributed by atoms with E-state index < -0.39 is 0 Å².